The van der Waals surface area contributed by atoms with Crippen LogP contribution >= 0.6 is 11.6 Å². The number of hydrogen-bond acceptors (Lipinski definition) is 4. The van der Waals surface area contributed by atoms with E-state index in [1.165, 1.54) is 6.07 Å². The molecule has 1 aromatic heterocycles. The lowest BCUT2D eigenvalue weighted by atomic mass is 10.1. The minimum Gasteiger partial charge on any atom is -0.490 e. The number of aliphatic hydroxyl groups is 1. The number of benzene rings is 1. The zero-order valence-corrected chi connectivity index (χ0v) is 16.3. The van der Waals surface area contributed by atoms with E-state index in [9.17, 15) is 9.50 Å². The molecule has 1 atom stereocenters. The predicted octanol–water partition coefficient (Wildman–Crippen LogP) is 4.43. The molecular weight excluding hydrogens is 355 g/mol. The minimum absolute atomic E-state index is 0.00661. The molecular formula is C20H26ClFN2O2. The number of pyridine rings is 1. The molecule has 1 aromatic carbocycles. The van der Waals surface area contributed by atoms with E-state index in [1.807, 2.05) is 27.7 Å². The molecule has 0 spiro atoms. The van der Waals surface area contributed by atoms with E-state index in [1.54, 1.807) is 24.3 Å². The maximum absolute atomic E-state index is 14.2. The maximum Gasteiger partial charge on any atom is 0.146 e. The summed E-state index contributed by atoms with van der Waals surface area (Å²) in [6, 6.07) is 8.20. The zero-order valence-electron chi connectivity index (χ0n) is 15.6. The van der Waals surface area contributed by atoms with E-state index in [-0.39, 0.29) is 36.9 Å². The molecule has 0 aliphatic rings. The van der Waals surface area contributed by atoms with E-state index in [0.717, 1.165) is 5.56 Å². The summed E-state index contributed by atoms with van der Waals surface area (Å²) in [5, 5.41) is 13.1. The van der Waals surface area contributed by atoms with Crippen LogP contribution in [0.1, 0.15) is 33.4 Å². The van der Waals surface area contributed by atoms with Gasteiger partial charge in [0.1, 0.15) is 11.6 Å². The van der Waals surface area contributed by atoms with Crippen LogP contribution in [-0.2, 0) is 6.54 Å². The van der Waals surface area contributed by atoms with Crippen LogP contribution in [0.5, 0.6) is 5.75 Å². The standard InChI is InChI=1S/C20H26ClFN2O2/c1-12(2)19(11-25)23-10-18-16(22)6-7-17(24-18)15-9-14(21)5-8-20(15)26-13(3)4/h5-9,12-13,19,23,25H,10-11H2,1-4H3/t19-/m0/s1. The minimum atomic E-state index is -0.393. The van der Waals surface area contributed by atoms with Crippen LogP contribution in [-0.4, -0.2) is 28.8 Å². The van der Waals surface area contributed by atoms with Gasteiger partial charge in [-0.3, -0.25) is 0 Å². The average molecular weight is 381 g/mol. The Morgan fingerprint density at radius 3 is 2.54 bits per heavy atom. The first kappa shape index (κ1) is 20.6. The van der Waals surface area contributed by atoms with Gasteiger partial charge < -0.3 is 15.2 Å². The third-order valence-electron chi connectivity index (χ3n) is 4.03. The number of nitrogens with zero attached hydrogens (tertiary/aromatic N) is 1. The van der Waals surface area contributed by atoms with Gasteiger partial charge in [-0.25, -0.2) is 9.37 Å². The Morgan fingerprint density at radius 1 is 1.19 bits per heavy atom. The van der Waals surface area contributed by atoms with Crippen LogP contribution in [0.15, 0.2) is 30.3 Å². The van der Waals surface area contributed by atoms with Gasteiger partial charge in [0.2, 0.25) is 0 Å². The lowest BCUT2D eigenvalue weighted by Gasteiger charge is -2.20. The lowest BCUT2D eigenvalue weighted by Crippen LogP contribution is -2.36. The molecule has 26 heavy (non-hydrogen) atoms. The third-order valence-corrected chi connectivity index (χ3v) is 4.27. The van der Waals surface area contributed by atoms with Crippen LogP contribution in [0.25, 0.3) is 11.3 Å². The first-order valence-corrected chi connectivity index (χ1v) is 9.15. The second kappa shape index (κ2) is 9.31. The number of nitrogens with one attached hydrogen (secondary N) is 1. The van der Waals surface area contributed by atoms with Crippen molar-refractivity contribution in [2.75, 3.05) is 6.61 Å². The molecule has 0 bridgehead atoms. The molecule has 0 aliphatic carbocycles. The lowest BCUT2D eigenvalue weighted by molar-refractivity contribution is 0.209. The molecule has 1 heterocycles. The van der Waals surface area contributed by atoms with Crippen molar-refractivity contribution < 1.29 is 14.2 Å². The Bertz CT molecular complexity index is 738. The Morgan fingerprint density at radius 2 is 1.92 bits per heavy atom. The number of rotatable bonds is 8. The highest BCUT2D eigenvalue weighted by Gasteiger charge is 2.16. The quantitative estimate of drug-likeness (QED) is 0.711. The van der Waals surface area contributed by atoms with Crippen molar-refractivity contribution in [2.24, 2.45) is 5.92 Å². The van der Waals surface area contributed by atoms with Gasteiger partial charge in [0, 0.05) is 23.2 Å². The molecule has 2 rings (SSSR count). The van der Waals surface area contributed by atoms with Gasteiger partial charge in [0.25, 0.3) is 0 Å². The van der Waals surface area contributed by atoms with E-state index < -0.39 is 5.82 Å². The van der Waals surface area contributed by atoms with Crippen LogP contribution < -0.4 is 10.1 Å². The van der Waals surface area contributed by atoms with Crippen LogP contribution in [0.2, 0.25) is 5.02 Å². The largest absolute Gasteiger partial charge is 0.490 e. The Labute approximate surface area is 159 Å². The highest BCUT2D eigenvalue weighted by atomic mass is 35.5. The summed E-state index contributed by atoms with van der Waals surface area (Å²) >= 11 is 6.13. The first-order valence-electron chi connectivity index (χ1n) is 8.78. The Balaban J connectivity index is 2.33. The van der Waals surface area contributed by atoms with Gasteiger partial charge in [-0.2, -0.15) is 0 Å². The van der Waals surface area contributed by atoms with Crippen molar-refractivity contribution in [3.05, 3.63) is 46.9 Å². The summed E-state index contributed by atoms with van der Waals surface area (Å²) in [7, 11) is 0. The molecule has 2 N–H and O–H groups in total. The van der Waals surface area contributed by atoms with Crippen LogP contribution in [0.4, 0.5) is 4.39 Å². The molecule has 6 heteroatoms. The second-order valence-electron chi connectivity index (χ2n) is 6.85. The van der Waals surface area contributed by atoms with Crippen molar-refractivity contribution >= 4 is 11.6 Å². The maximum atomic E-state index is 14.2. The summed E-state index contributed by atoms with van der Waals surface area (Å²) in [5.74, 6) is 0.484. The van der Waals surface area contributed by atoms with Gasteiger partial charge in [0.15, 0.2) is 0 Å². The number of aromatic nitrogens is 1. The van der Waals surface area contributed by atoms with Crippen LogP contribution in [0.3, 0.4) is 0 Å². The fraction of sp³-hybridized carbons (Fsp3) is 0.450. The van der Waals surface area contributed by atoms with Gasteiger partial charge in [0.05, 0.1) is 24.1 Å². The average Bonchev–Trinajstić information content (AvgIpc) is 2.58. The highest BCUT2D eigenvalue weighted by molar-refractivity contribution is 6.30. The summed E-state index contributed by atoms with van der Waals surface area (Å²) in [6.07, 6.45) is -0.00661. The molecule has 4 nitrogen and oxygen atoms in total. The fourth-order valence-electron chi connectivity index (χ4n) is 2.56. The van der Waals surface area contributed by atoms with Crippen molar-refractivity contribution in [1.82, 2.24) is 10.3 Å². The van der Waals surface area contributed by atoms with Crippen molar-refractivity contribution in [3.63, 3.8) is 0 Å². The van der Waals surface area contributed by atoms with E-state index in [4.69, 9.17) is 16.3 Å². The van der Waals surface area contributed by atoms with E-state index in [0.29, 0.717) is 16.5 Å². The summed E-state index contributed by atoms with van der Waals surface area (Å²) in [4.78, 5) is 4.46. The van der Waals surface area contributed by atoms with Crippen molar-refractivity contribution in [1.29, 1.82) is 0 Å². The second-order valence-corrected chi connectivity index (χ2v) is 7.28. The highest BCUT2D eigenvalue weighted by Crippen LogP contribution is 2.32. The Kier molecular flexibility index (Phi) is 7.38. The summed E-state index contributed by atoms with van der Waals surface area (Å²) in [5.41, 5.74) is 1.60. The van der Waals surface area contributed by atoms with Gasteiger partial charge in [-0.1, -0.05) is 25.4 Å². The normalized spacial score (nSPS) is 12.7. The smallest absolute Gasteiger partial charge is 0.146 e. The van der Waals surface area contributed by atoms with Gasteiger partial charge in [-0.05, 0) is 50.1 Å². The molecule has 0 fully saturated rings. The number of ether oxygens (including phenoxy) is 1. The zero-order chi connectivity index (χ0) is 19.3. The van der Waals surface area contributed by atoms with Crippen molar-refractivity contribution in [3.8, 4) is 17.0 Å². The molecule has 0 radical (unpaired) electrons. The van der Waals surface area contributed by atoms with Crippen molar-refractivity contribution in [2.45, 2.75) is 46.4 Å². The Hall–Kier alpha value is -1.69. The molecule has 0 unspecified atom stereocenters. The molecule has 0 amide bonds. The monoisotopic (exact) mass is 380 g/mol. The van der Waals surface area contributed by atoms with E-state index >= 15 is 0 Å². The molecule has 0 aliphatic heterocycles. The van der Waals surface area contributed by atoms with Gasteiger partial charge in [-0.15, -0.1) is 0 Å². The first-order chi connectivity index (χ1) is 12.3. The van der Waals surface area contributed by atoms with Gasteiger partial charge >= 0.3 is 0 Å². The van der Waals surface area contributed by atoms with Crippen LogP contribution in [0, 0.1) is 11.7 Å². The third kappa shape index (κ3) is 5.40. The molecule has 0 saturated carbocycles. The number of halogens is 2. The topological polar surface area (TPSA) is 54.4 Å². The summed E-state index contributed by atoms with van der Waals surface area (Å²) < 4.78 is 20.0. The number of hydrogen-bond donors (Lipinski definition) is 2. The summed E-state index contributed by atoms with van der Waals surface area (Å²) in [6.45, 7) is 8.08. The SMILES string of the molecule is CC(C)Oc1ccc(Cl)cc1-c1ccc(F)c(CN[C@@H](CO)C(C)C)n1. The molecule has 2 aromatic rings. The molecule has 0 saturated heterocycles. The predicted molar refractivity (Wildman–Crippen MR) is 103 cm³/mol. The fourth-order valence-corrected chi connectivity index (χ4v) is 2.73. The van der Waals surface area contributed by atoms with E-state index in [2.05, 4.69) is 10.3 Å². The molecule has 142 valence electrons. The number of aliphatic hydroxyl groups excluding tert-OH is 1.